The number of halogens is 1. The lowest BCUT2D eigenvalue weighted by Gasteiger charge is -2.17. The van der Waals surface area contributed by atoms with Gasteiger partial charge in [0, 0.05) is 17.7 Å². The minimum atomic E-state index is -0.250. The zero-order chi connectivity index (χ0) is 24.8. The van der Waals surface area contributed by atoms with Crippen molar-refractivity contribution in [3.05, 3.63) is 107 Å². The second kappa shape index (κ2) is 12.0. The molecule has 0 saturated heterocycles. The Kier molecular flexibility index (Phi) is 8.86. The fourth-order valence-electron chi connectivity index (χ4n) is 3.92. The number of aryl methyl sites for hydroxylation is 1. The molecule has 0 bridgehead atoms. The number of benzene rings is 3. The molecular formula is C28H28ClN3O4. The van der Waals surface area contributed by atoms with Crippen LogP contribution in [0.2, 0.25) is 0 Å². The average molecular weight is 506 g/mol. The number of esters is 1. The molecule has 0 fully saturated rings. The Morgan fingerprint density at radius 2 is 1.64 bits per heavy atom. The first-order valence-electron chi connectivity index (χ1n) is 11.3. The smallest absolute Gasteiger partial charge is 0.306 e. The predicted octanol–water partition coefficient (Wildman–Crippen LogP) is 4.47. The van der Waals surface area contributed by atoms with E-state index in [1.54, 1.807) is 36.3 Å². The van der Waals surface area contributed by atoms with E-state index < -0.39 is 0 Å². The number of amides is 1. The molecule has 36 heavy (non-hydrogen) atoms. The molecule has 8 heteroatoms. The summed E-state index contributed by atoms with van der Waals surface area (Å²) in [5.74, 6) is 0.155. The van der Waals surface area contributed by atoms with E-state index >= 15 is 0 Å². The van der Waals surface area contributed by atoms with Gasteiger partial charge in [0.15, 0.2) is 0 Å². The van der Waals surface area contributed by atoms with Gasteiger partial charge in [-0.2, -0.15) is 0 Å². The van der Waals surface area contributed by atoms with Gasteiger partial charge in [-0.3, -0.25) is 15.0 Å². The molecule has 7 nitrogen and oxygen atoms in total. The van der Waals surface area contributed by atoms with Crippen LogP contribution in [0.25, 0.3) is 5.57 Å². The second-order valence-corrected chi connectivity index (χ2v) is 8.20. The van der Waals surface area contributed by atoms with Crippen molar-refractivity contribution in [3.63, 3.8) is 0 Å². The summed E-state index contributed by atoms with van der Waals surface area (Å²) in [6.45, 7) is 0.585. The van der Waals surface area contributed by atoms with E-state index in [1.165, 1.54) is 0 Å². The van der Waals surface area contributed by atoms with Gasteiger partial charge in [-0.05, 0) is 47.4 Å². The summed E-state index contributed by atoms with van der Waals surface area (Å²) >= 11 is 0. The molecule has 0 aromatic heterocycles. The predicted molar refractivity (Wildman–Crippen MR) is 142 cm³/mol. The molecule has 1 heterocycles. The van der Waals surface area contributed by atoms with E-state index in [9.17, 15) is 9.59 Å². The van der Waals surface area contributed by atoms with Crippen molar-refractivity contribution >= 4 is 41.4 Å². The van der Waals surface area contributed by atoms with Crippen LogP contribution < -0.4 is 10.6 Å². The van der Waals surface area contributed by atoms with E-state index in [-0.39, 0.29) is 43.1 Å². The van der Waals surface area contributed by atoms with Crippen molar-refractivity contribution in [2.45, 2.75) is 19.4 Å². The quantitative estimate of drug-likeness (QED) is 0.253. The summed E-state index contributed by atoms with van der Waals surface area (Å²) in [5.41, 5.74) is 10.0. The number of carbonyl (C=O) groups excluding carboxylic acids is 2. The number of carbonyl (C=O) groups is 2. The van der Waals surface area contributed by atoms with E-state index in [0.717, 1.165) is 16.7 Å². The summed E-state index contributed by atoms with van der Waals surface area (Å²) in [6, 6.07) is 24.1. The third kappa shape index (κ3) is 6.12. The van der Waals surface area contributed by atoms with Gasteiger partial charge in [0.25, 0.3) is 5.91 Å². The Morgan fingerprint density at radius 3 is 2.25 bits per heavy atom. The highest BCUT2D eigenvalue weighted by Crippen LogP contribution is 2.32. The zero-order valence-electron chi connectivity index (χ0n) is 19.9. The summed E-state index contributed by atoms with van der Waals surface area (Å²) in [5, 5.41) is 7.53. The van der Waals surface area contributed by atoms with Gasteiger partial charge in [-0.1, -0.05) is 54.6 Å². The van der Waals surface area contributed by atoms with Gasteiger partial charge >= 0.3 is 5.97 Å². The van der Waals surface area contributed by atoms with Crippen LogP contribution in [-0.4, -0.2) is 31.4 Å². The van der Waals surface area contributed by atoms with E-state index in [0.29, 0.717) is 35.5 Å². The monoisotopic (exact) mass is 505 g/mol. The minimum absolute atomic E-state index is 0. The minimum Gasteiger partial charge on any atom is -0.498 e. The van der Waals surface area contributed by atoms with Crippen LogP contribution in [0.1, 0.15) is 28.7 Å². The Labute approximate surface area is 216 Å². The van der Waals surface area contributed by atoms with Gasteiger partial charge in [-0.25, -0.2) is 0 Å². The molecule has 0 aliphatic carbocycles. The van der Waals surface area contributed by atoms with Crippen molar-refractivity contribution in [2.75, 3.05) is 18.6 Å². The van der Waals surface area contributed by atoms with Crippen LogP contribution in [0, 0.1) is 5.41 Å². The number of methoxy groups -OCH3 is 1. The standard InChI is InChI=1S/C28H27N3O4.ClH/c1-34-24-17-31(23-14-12-22(13-15-23)27(29)30)28(33)26(24)21-10-7-19(8-11-21)9-16-25(32)35-18-20-5-3-2-4-6-20;/h2-8,10-15H,9,16-18H2,1H3,(H3,29,30);1H. The highest BCUT2D eigenvalue weighted by Gasteiger charge is 2.33. The molecule has 3 aromatic carbocycles. The van der Waals surface area contributed by atoms with Crippen LogP contribution >= 0.6 is 12.4 Å². The molecule has 1 aliphatic heterocycles. The van der Waals surface area contributed by atoms with Crippen molar-refractivity contribution < 1.29 is 19.1 Å². The summed E-state index contributed by atoms with van der Waals surface area (Å²) in [6.07, 6.45) is 0.827. The molecule has 3 N–H and O–H groups in total. The maximum absolute atomic E-state index is 13.2. The molecule has 0 saturated carbocycles. The Balaban J connectivity index is 0.00000361. The Morgan fingerprint density at radius 1 is 0.972 bits per heavy atom. The molecular weight excluding hydrogens is 478 g/mol. The van der Waals surface area contributed by atoms with E-state index in [2.05, 4.69) is 0 Å². The second-order valence-electron chi connectivity index (χ2n) is 8.20. The van der Waals surface area contributed by atoms with Crippen LogP contribution in [0.3, 0.4) is 0 Å². The normalized spacial score (nSPS) is 12.8. The highest BCUT2D eigenvalue weighted by molar-refractivity contribution is 6.29. The lowest BCUT2D eigenvalue weighted by molar-refractivity contribution is -0.144. The van der Waals surface area contributed by atoms with Crippen molar-refractivity contribution in [1.29, 1.82) is 5.41 Å². The highest BCUT2D eigenvalue weighted by atomic mass is 35.5. The third-order valence-electron chi connectivity index (χ3n) is 5.88. The SMILES string of the molecule is COC1=C(c2ccc(CCC(=O)OCc3ccccc3)cc2)C(=O)N(c2ccc(C(=N)N)cc2)C1.Cl. The summed E-state index contributed by atoms with van der Waals surface area (Å²) < 4.78 is 10.9. The van der Waals surface area contributed by atoms with Crippen molar-refractivity contribution in [3.8, 4) is 0 Å². The van der Waals surface area contributed by atoms with Crippen molar-refractivity contribution in [2.24, 2.45) is 5.73 Å². The molecule has 1 amide bonds. The topological polar surface area (TPSA) is 106 Å². The van der Waals surface area contributed by atoms with Crippen LogP contribution in [0.5, 0.6) is 0 Å². The number of nitrogens with zero attached hydrogens (tertiary/aromatic N) is 1. The fraction of sp³-hybridized carbons (Fsp3) is 0.179. The molecule has 3 aromatic rings. The number of anilines is 1. The van der Waals surface area contributed by atoms with Gasteiger partial charge in [0.1, 0.15) is 18.2 Å². The van der Waals surface area contributed by atoms with Gasteiger partial charge < -0.3 is 20.1 Å². The summed E-state index contributed by atoms with van der Waals surface area (Å²) in [7, 11) is 1.56. The van der Waals surface area contributed by atoms with Crippen LogP contribution in [-0.2, 0) is 32.1 Å². The Bertz CT molecular complexity index is 1260. The number of rotatable bonds is 9. The lowest BCUT2D eigenvalue weighted by atomic mass is 10.0. The van der Waals surface area contributed by atoms with Crippen molar-refractivity contribution in [1.82, 2.24) is 0 Å². The fourth-order valence-corrected chi connectivity index (χ4v) is 3.92. The first kappa shape index (κ1) is 26.5. The number of nitrogens with two attached hydrogens (primary N) is 1. The van der Waals surface area contributed by atoms with E-state index in [4.69, 9.17) is 20.6 Å². The number of hydrogen-bond donors (Lipinski definition) is 2. The average Bonchev–Trinajstić information content (AvgIpc) is 3.23. The molecule has 0 radical (unpaired) electrons. The first-order valence-corrected chi connectivity index (χ1v) is 11.3. The number of hydrogen-bond acceptors (Lipinski definition) is 5. The molecule has 0 unspecified atom stereocenters. The van der Waals surface area contributed by atoms with E-state index in [1.807, 2.05) is 54.6 Å². The third-order valence-corrected chi connectivity index (χ3v) is 5.88. The molecule has 0 spiro atoms. The molecule has 1 aliphatic rings. The molecule has 0 atom stereocenters. The summed E-state index contributed by atoms with van der Waals surface area (Å²) in [4.78, 5) is 27.0. The molecule has 4 rings (SSSR count). The van der Waals surface area contributed by atoms with Gasteiger partial charge in [0.05, 0.1) is 19.2 Å². The zero-order valence-corrected chi connectivity index (χ0v) is 20.7. The number of nitrogen functional groups attached to an aromatic ring is 1. The number of ether oxygens (including phenoxy) is 2. The first-order chi connectivity index (χ1) is 17.0. The Hall–Kier alpha value is -4.10. The maximum Gasteiger partial charge on any atom is 0.306 e. The van der Waals surface area contributed by atoms with Crippen LogP contribution in [0.4, 0.5) is 5.69 Å². The lowest BCUT2D eigenvalue weighted by Crippen LogP contribution is -2.26. The number of nitrogens with one attached hydrogen (secondary N) is 1. The van der Waals surface area contributed by atoms with Gasteiger partial charge in [0.2, 0.25) is 0 Å². The van der Waals surface area contributed by atoms with Gasteiger partial charge in [-0.15, -0.1) is 12.4 Å². The van der Waals surface area contributed by atoms with Crippen LogP contribution in [0.15, 0.2) is 84.6 Å². The number of amidine groups is 1. The molecule has 186 valence electrons. The largest absolute Gasteiger partial charge is 0.498 e. The maximum atomic E-state index is 13.2.